The zero-order valence-corrected chi connectivity index (χ0v) is 17.3. The van der Waals surface area contributed by atoms with E-state index in [1.54, 1.807) is 48.5 Å². The highest BCUT2D eigenvalue weighted by Gasteiger charge is 2.37. The average molecular weight is 423 g/mol. The molecular formula is C23H21NO5S. The van der Waals surface area contributed by atoms with Gasteiger partial charge in [-0.3, -0.25) is 9.59 Å². The van der Waals surface area contributed by atoms with Crippen molar-refractivity contribution in [2.75, 3.05) is 0 Å². The maximum atomic E-state index is 13.0. The molecular weight excluding hydrogens is 402 g/mol. The lowest BCUT2D eigenvalue weighted by Crippen LogP contribution is -2.42. The van der Waals surface area contributed by atoms with E-state index in [2.05, 4.69) is 6.92 Å². The second-order valence-corrected chi connectivity index (χ2v) is 8.82. The molecule has 0 N–H and O–H groups in total. The molecule has 154 valence electrons. The van der Waals surface area contributed by atoms with E-state index in [9.17, 15) is 18.0 Å². The summed E-state index contributed by atoms with van der Waals surface area (Å²) in [5, 5.41) is 1.76. The highest BCUT2D eigenvalue weighted by molar-refractivity contribution is 7.85. The second-order valence-electron chi connectivity index (χ2n) is 7.27. The number of imide groups is 1. The van der Waals surface area contributed by atoms with Crippen molar-refractivity contribution in [3.8, 4) is 0 Å². The van der Waals surface area contributed by atoms with E-state index in [-0.39, 0.29) is 11.1 Å². The summed E-state index contributed by atoms with van der Waals surface area (Å²) in [5.74, 6) is -2.00. The molecule has 6 nitrogen and oxygen atoms in total. The summed E-state index contributed by atoms with van der Waals surface area (Å²) in [6, 6.07) is 17.2. The van der Waals surface area contributed by atoms with Crippen LogP contribution in [0.2, 0.25) is 0 Å². The lowest BCUT2D eigenvalue weighted by Gasteiger charge is -2.26. The molecule has 0 saturated carbocycles. The van der Waals surface area contributed by atoms with Gasteiger partial charge in [-0.05, 0) is 41.5 Å². The number of hydrogen-bond donors (Lipinski definition) is 0. The maximum absolute atomic E-state index is 13.0. The standard InChI is InChI=1S/C23H21NO5S/c1-2-3-10-17-13-14-20-21-18(17)11-7-12-19(21)22(25)24(23(20)26)29-30(27,28)15-16-8-5-4-6-9-16/h4-9,11-14H,2-3,10,15H2,1H3. The first-order valence-corrected chi connectivity index (χ1v) is 11.4. The van der Waals surface area contributed by atoms with Gasteiger partial charge < -0.3 is 0 Å². The Morgan fingerprint density at radius 3 is 2.27 bits per heavy atom. The Bertz CT molecular complexity index is 1210. The Morgan fingerprint density at radius 1 is 0.867 bits per heavy atom. The van der Waals surface area contributed by atoms with Crippen LogP contribution >= 0.6 is 0 Å². The van der Waals surface area contributed by atoms with E-state index in [0.717, 1.165) is 30.2 Å². The summed E-state index contributed by atoms with van der Waals surface area (Å²) in [7, 11) is -4.21. The third-order valence-electron chi connectivity index (χ3n) is 5.13. The maximum Gasteiger partial charge on any atom is 0.292 e. The first-order valence-electron chi connectivity index (χ1n) is 9.81. The number of hydrogen-bond acceptors (Lipinski definition) is 5. The van der Waals surface area contributed by atoms with Crippen molar-refractivity contribution >= 4 is 32.7 Å². The number of benzene rings is 3. The molecule has 1 aliphatic rings. The third-order valence-corrected chi connectivity index (χ3v) is 6.20. The van der Waals surface area contributed by atoms with Gasteiger partial charge in [0.15, 0.2) is 0 Å². The van der Waals surface area contributed by atoms with Crippen molar-refractivity contribution < 1.29 is 22.3 Å². The van der Waals surface area contributed by atoms with Gasteiger partial charge in [0, 0.05) is 5.39 Å². The Hall–Kier alpha value is -3.03. The number of amides is 2. The van der Waals surface area contributed by atoms with Gasteiger partial charge in [-0.1, -0.05) is 61.9 Å². The highest BCUT2D eigenvalue weighted by atomic mass is 32.2. The Kier molecular flexibility index (Phi) is 5.40. The molecule has 3 aromatic carbocycles. The molecule has 0 fully saturated rings. The van der Waals surface area contributed by atoms with E-state index in [0.29, 0.717) is 16.0 Å². The fraction of sp³-hybridized carbons (Fsp3) is 0.217. The zero-order valence-electron chi connectivity index (χ0n) is 16.5. The van der Waals surface area contributed by atoms with Gasteiger partial charge >= 0.3 is 0 Å². The molecule has 0 saturated heterocycles. The summed E-state index contributed by atoms with van der Waals surface area (Å²) in [4.78, 5) is 26.0. The normalized spacial score (nSPS) is 13.8. The van der Waals surface area contributed by atoms with Gasteiger partial charge in [-0.2, -0.15) is 8.42 Å². The van der Waals surface area contributed by atoms with Crippen LogP contribution in [0.4, 0.5) is 0 Å². The fourth-order valence-corrected chi connectivity index (χ4v) is 4.72. The molecule has 3 aromatic rings. The van der Waals surface area contributed by atoms with Crippen LogP contribution in [0.5, 0.6) is 0 Å². The highest BCUT2D eigenvalue weighted by Crippen LogP contribution is 2.33. The SMILES string of the molecule is CCCCc1ccc2c3c(cccc13)C(=O)N(OS(=O)(=O)Cc1ccccc1)C2=O. The van der Waals surface area contributed by atoms with Gasteiger partial charge in [0.1, 0.15) is 5.75 Å². The summed E-state index contributed by atoms with van der Waals surface area (Å²) in [6.07, 6.45) is 2.86. The van der Waals surface area contributed by atoms with Gasteiger partial charge in [0.05, 0.1) is 11.1 Å². The van der Waals surface area contributed by atoms with Crippen LogP contribution in [0.15, 0.2) is 60.7 Å². The Balaban J connectivity index is 1.70. The van der Waals surface area contributed by atoms with Crippen molar-refractivity contribution in [2.45, 2.75) is 31.9 Å². The minimum Gasteiger partial charge on any atom is -0.266 e. The topological polar surface area (TPSA) is 80.8 Å². The lowest BCUT2D eigenvalue weighted by molar-refractivity contribution is -0.0156. The van der Waals surface area contributed by atoms with E-state index >= 15 is 0 Å². The number of rotatable bonds is 7. The quantitative estimate of drug-likeness (QED) is 0.531. The van der Waals surface area contributed by atoms with Gasteiger partial charge in [0.2, 0.25) is 0 Å². The van der Waals surface area contributed by atoms with Gasteiger partial charge in [-0.25, -0.2) is 0 Å². The molecule has 0 spiro atoms. The molecule has 0 radical (unpaired) electrons. The number of unbranched alkanes of at least 4 members (excludes halogenated alkanes) is 1. The molecule has 0 atom stereocenters. The summed E-state index contributed by atoms with van der Waals surface area (Å²) in [5.41, 5.74) is 2.08. The van der Waals surface area contributed by atoms with E-state index in [4.69, 9.17) is 4.28 Å². The fourth-order valence-electron chi connectivity index (χ4n) is 3.71. The van der Waals surface area contributed by atoms with Crippen LogP contribution in [0.1, 0.15) is 51.6 Å². The molecule has 4 rings (SSSR count). The summed E-state index contributed by atoms with van der Waals surface area (Å²) >= 11 is 0. The lowest BCUT2D eigenvalue weighted by atomic mass is 9.90. The van der Waals surface area contributed by atoms with Crippen LogP contribution in [-0.2, 0) is 26.6 Å². The number of hydroxylamine groups is 2. The minimum absolute atomic E-state index is 0.260. The van der Waals surface area contributed by atoms with E-state index in [1.807, 2.05) is 12.1 Å². The van der Waals surface area contributed by atoms with Crippen LogP contribution in [0.25, 0.3) is 10.8 Å². The van der Waals surface area contributed by atoms with Gasteiger partial charge in [0.25, 0.3) is 21.9 Å². The van der Waals surface area contributed by atoms with Crippen molar-refractivity contribution in [1.29, 1.82) is 0 Å². The van der Waals surface area contributed by atoms with Crippen molar-refractivity contribution in [1.82, 2.24) is 5.06 Å². The van der Waals surface area contributed by atoms with Crippen LogP contribution < -0.4 is 0 Å². The second kappa shape index (κ2) is 8.01. The smallest absolute Gasteiger partial charge is 0.266 e. The monoisotopic (exact) mass is 423 g/mol. The Morgan fingerprint density at radius 2 is 1.57 bits per heavy atom. The predicted octanol–water partition coefficient (Wildman–Crippen LogP) is 4.24. The van der Waals surface area contributed by atoms with Crippen molar-refractivity contribution in [2.24, 2.45) is 0 Å². The molecule has 30 heavy (non-hydrogen) atoms. The van der Waals surface area contributed by atoms with Gasteiger partial charge in [-0.15, -0.1) is 9.35 Å². The number of nitrogens with zero attached hydrogens (tertiary/aromatic N) is 1. The molecule has 0 aromatic heterocycles. The first-order chi connectivity index (χ1) is 14.4. The van der Waals surface area contributed by atoms with Crippen LogP contribution in [-0.4, -0.2) is 25.3 Å². The van der Waals surface area contributed by atoms with Crippen molar-refractivity contribution in [3.05, 3.63) is 82.9 Å². The van der Waals surface area contributed by atoms with Crippen molar-refractivity contribution in [3.63, 3.8) is 0 Å². The molecule has 2 amide bonds. The largest absolute Gasteiger partial charge is 0.292 e. The first kappa shape index (κ1) is 20.3. The molecule has 1 aliphatic heterocycles. The molecule has 7 heteroatoms. The molecule has 1 heterocycles. The number of carbonyl (C=O) groups is 2. The Labute approximate surface area is 175 Å². The summed E-state index contributed by atoms with van der Waals surface area (Å²) in [6.45, 7) is 2.10. The van der Waals surface area contributed by atoms with E-state index in [1.165, 1.54) is 0 Å². The average Bonchev–Trinajstić information content (AvgIpc) is 2.74. The molecule has 0 unspecified atom stereocenters. The predicted molar refractivity (Wildman–Crippen MR) is 113 cm³/mol. The molecule has 0 aliphatic carbocycles. The summed E-state index contributed by atoms with van der Waals surface area (Å²) < 4.78 is 30.0. The van der Waals surface area contributed by atoms with Crippen LogP contribution in [0, 0.1) is 0 Å². The van der Waals surface area contributed by atoms with Crippen LogP contribution in [0.3, 0.4) is 0 Å². The number of aryl methyl sites for hydroxylation is 1. The molecule has 0 bridgehead atoms. The zero-order chi connectivity index (χ0) is 21.3. The number of carbonyl (C=O) groups excluding carboxylic acids is 2. The minimum atomic E-state index is -4.21. The van der Waals surface area contributed by atoms with E-state index < -0.39 is 27.7 Å². The third kappa shape index (κ3) is 3.74.